The Balaban J connectivity index is 1.80. The van der Waals surface area contributed by atoms with Gasteiger partial charge in [0.15, 0.2) is 0 Å². The standard InChI is InChI=1S/C16H18F2N4/c1-21-9-11(8-20-21)12-6-10-3-5-22(15-2-4-19-15)14(10)7-13(12)16(17)18/h6-9,15-16,19H,2-5H2,1H3. The van der Waals surface area contributed by atoms with Crippen molar-refractivity contribution in [3.05, 3.63) is 35.7 Å². The van der Waals surface area contributed by atoms with Crippen molar-refractivity contribution in [3.8, 4) is 11.1 Å². The van der Waals surface area contributed by atoms with Gasteiger partial charge in [-0.15, -0.1) is 0 Å². The highest BCUT2D eigenvalue weighted by molar-refractivity contribution is 5.74. The minimum atomic E-state index is -2.49. The third-order valence-corrected chi connectivity index (χ3v) is 4.61. The molecule has 2 aliphatic heterocycles. The van der Waals surface area contributed by atoms with Crippen LogP contribution in [0.25, 0.3) is 11.1 Å². The first-order valence-electron chi connectivity index (χ1n) is 7.57. The Morgan fingerprint density at radius 3 is 2.77 bits per heavy atom. The molecule has 1 N–H and O–H groups in total. The third-order valence-electron chi connectivity index (χ3n) is 4.61. The Hall–Kier alpha value is -1.95. The molecule has 116 valence electrons. The number of aromatic nitrogens is 2. The molecule has 0 radical (unpaired) electrons. The van der Waals surface area contributed by atoms with E-state index in [4.69, 9.17) is 0 Å². The quantitative estimate of drug-likeness (QED) is 0.946. The molecule has 0 spiro atoms. The summed E-state index contributed by atoms with van der Waals surface area (Å²) in [6.45, 7) is 1.90. The second kappa shape index (κ2) is 5.05. The van der Waals surface area contributed by atoms with E-state index in [9.17, 15) is 8.78 Å². The zero-order valence-electron chi connectivity index (χ0n) is 12.4. The molecule has 0 aliphatic carbocycles. The van der Waals surface area contributed by atoms with Crippen molar-refractivity contribution in [2.75, 3.05) is 18.0 Å². The van der Waals surface area contributed by atoms with Crippen LogP contribution in [0.3, 0.4) is 0 Å². The number of alkyl halides is 2. The molecule has 6 heteroatoms. The lowest BCUT2D eigenvalue weighted by Gasteiger charge is -2.38. The van der Waals surface area contributed by atoms with E-state index in [1.165, 1.54) is 0 Å². The topological polar surface area (TPSA) is 33.1 Å². The average molecular weight is 304 g/mol. The van der Waals surface area contributed by atoms with Crippen molar-refractivity contribution >= 4 is 5.69 Å². The number of rotatable bonds is 3. The Bertz CT molecular complexity index is 706. The van der Waals surface area contributed by atoms with Gasteiger partial charge in [0.1, 0.15) is 0 Å². The van der Waals surface area contributed by atoms with Crippen LogP contribution in [0.2, 0.25) is 0 Å². The van der Waals surface area contributed by atoms with Crippen molar-refractivity contribution in [1.29, 1.82) is 0 Å². The van der Waals surface area contributed by atoms with Gasteiger partial charge in [0.05, 0.1) is 12.4 Å². The van der Waals surface area contributed by atoms with Crippen LogP contribution >= 0.6 is 0 Å². The van der Waals surface area contributed by atoms with E-state index >= 15 is 0 Å². The van der Waals surface area contributed by atoms with E-state index in [0.29, 0.717) is 11.7 Å². The van der Waals surface area contributed by atoms with Gasteiger partial charge in [-0.2, -0.15) is 5.10 Å². The highest BCUT2D eigenvalue weighted by Crippen LogP contribution is 2.40. The van der Waals surface area contributed by atoms with Crippen molar-refractivity contribution in [2.45, 2.75) is 25.4 Å². The third kappa shape index (κ3) is 2.09. The van der Waals surface area contributed by atoms with Crippen LogP contribution in [0.5, 0.6) is 0 Å². The molecular formula is C16H18F2N4. The number of anilines is 1. The molecule has 4 nitrogen and oxygen atoms in total. The lowest BCUT2D eigenvalue weighted by atomic mass is 9.98. The van der Waals surface area contributed by atoms with Gasteiger partial charge in [0.2, 0.25) is 0 Å². The molecule has 1 aromatic carbocycles. The van der Waals surface area contributed by atoms with Crippen LogP contribution in [0.1, 0.15) is 24.0 Å². The maximum atomic E-state index is 13.6. The summed E-state index contributed by atoms with van der Waals surface area (Å²) in [6, 6.07) is 3.60. The Kier molecular flexibility index (Phi) is 3.14. The lowest BCUT2D eigenvalue weighted by Crippen LogP contribution is -2.54. The van der Waals surface area contributed by atoms with Crippen molar-refractivity contribution in [1.82, 2.24) is 15.1 Å². The van der Waals surface area contributed by atoms with Crippen molar-refractivity contribution < 1.29 is 8.78 Å². The number of hydrogen-bond donors (Lipinski definition) is 1. The smallest absolute Gasteiger partial charge is 0.264 e. The molecule has 4 rings (SSSR count). The molecule has 2 aromatic rings. The molecule has 1 aromatic heterocycles. The summed E-state index contributed by atoms with van der Waals surface area (Å²) < 4.78 is 28.7. The van der Waals surface area contributed by atoms with E-state index in [0.717, 1.165) is 42.7 Å². The molecular weight excluding hydrogens is 286 g/mol. The van der Waals surface area contributed by atoms with Gasteiger partial charge >= 0.3 is 0 Å². The summed E-state index contributed by atoms with van der Waals surface area (Å²) in [5.74, 6) is 0. The predicted octanol–water partition coefficient (Wildman–Crippen LogP) is 2.71. The predicted molar refractivity (Wildman–Crippen MR) is 81.1 cm³/mol. The van der Waals surface area contributed by atoms with E-state index in [-0.39, 0.29) is 5.56 Å². The highest BCUT2D eigenvalue weighted by Gasteiger charge is 2.31. The summed E-state index contributed by atoms with van der Waals surface area (Å²) in [5.41, 5.74) is 3.56. The molecule has 0 saturated carbocycles. The van der Waals surface area contributed by atoms with Crippen LogP contribution in [0.4, 0.5) is 14.5 Å². The molecule has 2 aliphatic rings. The first kappa shape index (κ1) is 13.7. The van der Waals surface area contributed by atoms with Crippen LogP contribution in [-0.4, -0.2) is 29.0 Å². The first-order valence-corrected chi connectivity index (χ1v) is 7.57. The second-order valence-corrected chi connectivity index (χ2v) is 5.97. The zero-order valence-corrected chi connectivity index (χ0v) is 12.4. The first-order chi connectivity index (χ1) is 10.6. The number of hydrogen-bond acceptors (Lipinski definition) is 3. The summed E-state index contributed by atoms with van der Waals surface area (Å²) >= 11 is 0. The van der Waals surface area contributed by atoms with Crippen LogP contribution in [0.15, 0.2) is 24.5 Å². The summed E-state index contributed by atoms with van der Waals surface area (Å²) in [6.07, 6.45) is 3.23. The van der Waals surface area contributed by atoms with E-state index < -0.39 is 6.43 Å². The van der Waals surface area contributed by atoms with E-state index in [2.05, 4.69) is 15.3 Å². The fraction of sp³-hybridized carbons (Fsp3) is 0.438. The summed E-state index contributed by atoms with van der Waals surface area (Å²) in [4.78, 5) is 2.22. The van der Waals surface area contributed by atoms with Gasteiger partial charge in [0.25, 0.3) is 6.43 Å². The number of aryl methyl sites for hydroxylation is 1. The molecule has 1 unspecified atom stereocenters. The van der Waals surface area contributed by atoms with Gasteiger partial charge in [-0.05, 0) is 36.1 Å². The normalized spacial score (nSPS) is 20.4. The molecule has 22 heavy (non-hydrogen) atoms. The fourth-order valence-corrected chi connectivity index (χ4v) is 3.33. The van der Waals surface area contributed by atoms with Gasteiger partial charge in [-0.1, -0.05) is 0 Å². The van der Waals surface area contributed by atoms with Crippen LogP contribution in [0, 0.1) is 0 Å². The van der Waals surface area contributed by atoms with Crippen molar-refractivity contribution in [2.24, 2.45) is 7.05 Å². The second-order valence-electron chi connectivity index (χ2n) is 5.97. The molecule has 1 fully saturated rings. The van der Waals surface area contributed by atoms with Crippen LogP contribution < -0.4 is 10.2 Å². The van der Waals surface area contributed by atoms with E-state index in [1.807, 2.05) is 6.07 Å². The number of fused-ring (bicyclic) bond motifs is 1. The van der Waals surface area contributed by atoms with Gasteiger partial charge in [-0.3, -0.25) is 10.00 Å². The van der Waals surface area contributed by atoms with Gasteiger partial charge in [0, 0.05) is 43.1 Å². The Morgan fingerprint density at radius 2 is 2.18 bits per heavy atom. The summed E-state index contributed by atoms with van der Waals surface area (Å²) in [5, 5.41) is 7.46. The van der Waals surface area contributed by atoms with E-state index in [1.54, 1.807) is 30.2 Å². The zero-order chi connectivity index (χ0) is 15.3. The van der Waals surface area contributed by atoms with Gasteiger partial charge < -0.3 is 4.90 Å². The average Bonchev–Trinajstić information content (AvgIpc) is 3.02. The molecule has 3 heterocycles. The Morgan fingerprint density at radius 1 is 1.36 bits per heavy atom. The molecule has 0 amide bonds. The largest absolute Gasteiger partial charge is 0.355 e. The Labute approximate surface area is 127 Å². The van der Waals surface area contributed by atoms with Crippen LogP contribution in [-0.2, 0) is 13.5 Å². The number of nitrogens with zero attached hydrogens (tertiary/aromatic N) is 3. The molecule has 0 bridgehead atoms. The highest BCUT2D eigenvalue weighted by atomic mass is 19.3. The minimum absolute atomic E-state index is 0.0953. The maximum absolute atomic E-state index is 13.6. The SMILES string of the molecule is Cn1cc(-c2cc3c(cc2C(F)F)N(C2CCN2)CC3)cn1. The fourth-order valence-electron chi connectivity index (χ4n) is 3.33. The monoisotopic (exact) mass is 304 g/mol. The number of halogens is 2. The molecule has 1 atom stereocenters. The number of nitrogens with one attached hydrogen (secondary N) is 1. The summed E-state index contributed by atoms with van der Waals surface area (Å²) in [7, 11) is 1.79. The van der Waals surface area contributed by atoms with Crippen molar-refractivity contribution in [3.63, 3.8) is 0 Å². The van der Waals surface area contributed by atoms with Gasteiger partial charge in [-0.25, -0.2) is 8.78 Å². The molecule has 1 saturated heterocycles. The number of benzene rings is 1. The maximum Gasteiger partial charge on any atom is 0.264 e. The minimum Gasteiger partial charge on any atom is -0.355 e. The lowest BCUT2D eigenvalue weighted by molar-refractivity contribution is 0.152.